The summed E-state index contributed by atoms with van der Waals surface area (Å²) < 4.78 is 66.9. The van der Waals surface area contributed by atoms with Crippen LogP contribution in [0.3, 0.4) is 0 Å². The van der Waals surface area contributed by atoms with E-state index in [-0.39, 0.29) is 40.9 Å². The van der Waals surface area contributed by atoms with Crippen molar-refractivity contribution in [3.05, 3.63) is 108 Å². The van der Waals surface area contributed by atoms with E-state index in [0.29, 0.717) is 63.6 Å². The fourth-order valence-corrected chi connectivity index (χ4v) is 4.56. The van der Waals surface area contributed by atoms with E-state index < -0.39 is 61.0 Å². The summed E-state index contributed by atoms with van der Waals surface area (Å²) in [7, 11) is 0. The minimum absolute atomic E-state index is 0.0367. The number of aliphatic hydroxyl groups excluding tert-OH is 2. The van der Waals surface area contributed by atoms with Crippen LogP contribution in [0.2, 0.25) is 5.02 Å². The molecule has 3 rings (SSSR count). The van der Waals surface area contributed by atoms with Crippen LogP contribution < -0.4 is 18.9 Å². The van der Waals surface area contributed by atoms with Crippen molar-refractivity contribution in [2.75, 3.05) is 52.9 Å². The highest BCUT2D eigenvalue weighted by Gasteiger charge is 2.16. The average Bonchev–Trinajstić information content (AvgIpc) is 3.19. The molecule has 0 saturated heterocycles. The third-order valence-electron chi connectivity index (χ3n) is 7.28. The molecule has 0 heterocycles. The molecule has 0 radical (unpaired) electrons. The molecule has 0 spiro atoms. The first-order valence-electron chi connectivity index (χ1n) is 17.6. The molecular weight excluding hydrogens is 778 g/mol. The Labute approximate surface area is 332 Å². The average molecular weight is 821 g/mol. The van der Waals surface area contributed by atoms with Gasteiger partial charge in [0.25, 0.3) is 0 Å². The molecule has 0 aromatic heterocycles. The number of unbranched alkanes of at least 4 members (excludes halogenated alkanes) is 2. The molecule has 0 aliphatic heterocycles. The number of aliphatic hydroxyl groups is 2. The van der Waals surface area contributed by atoms with Crippen molar-refractivity contribution in [3.8, 4) is 23.0 Å². The fraction of sp³-hybridized carbons (Fsp3) is 0.350. The van der Waals surface area contributed by atoms with Crippen LogP contribution in [0, 0.1) is 0 Å². The van der Waals surface area contributed by atoms with Crippen molar-refractivity contribution in [1.29, 1.82) is 0 Å². The second kappa shape index (κ2) is 25.0. The molecule has 0 bridgehead atoms. The minimum atomic E-state index is -1.25. The molecule has 0 aliphatic rings. The molecule has 308 valence electrons. The van der Waals surface area contributed by atoms with E-state index in [1.165, 1.54) is 42.5 Å². The molecule has 0 amide bonds. The smallest absolute Gasteiger partial charge is 0.366 e. The molecule has 2 unspecified atom stereocenters. The van der Waals surface area contributed by atoms with Crippen LogP contribution in [0.25, 0.3) is 0 Å². The van der Waals surface area contributed by atoms with E-state index in [1.807, 2.05) is 0 Å². The Morgan fingerprint density at radius 2 is 0.982 bits per heavy atom. The molecule has 14 nitrogen and oxygen atoms in total. The van der Waals surface area contributed by atoms with Gasteiger partial charge in [-0.3, -0.25) is 0 Å². The Hall–Kier alpha value is -5.39. The molecule has 0 aliphatic carbocycles. The Balaban J connectivity index is 1.30. The fourth-order valence-electron chi connectivity index (χ4n) is 4.35. The van der Waals surface area contributed by atoms with Gasteiger partial charge >= 0.3 is 23.9 Å². The maximum Gasteiger partial charge on any atom is 0.366 e. The number of rotatable bonds is 26. The normalized spacial score (nSPS) is 11.8. The topological polar surface area (TPSA) is 183 Å². The summed E-state index contributed by atoms with van der Waals surface area (Å²) in [5.41, 5.74) is 0.491. The first kappa shape index (κ1) is 46.0. The first-order chi connectivity index (χ1) is 27.3. The highest BCUT2D eigenvalue weighted by molar-refractivity contribution is 6.32. The van der Waals surface area contributed by atoms with Crippen LogP contribution in [0.15, 0.2) is 91.5 Å². The lowest BCUT2D eigenvalue weighted by atomic mass is 10.2. The standard InChI is InChI=1S/C40H43ClF2O14/c1-26(42)37(46)54-24-30(44)22-50-17-3-5-19-52-32-11-7-28(8-12-32)39(48)56-34-15-16-36(35(41)21-34)57-40(49)29-9-13-33(14-10-29)53-20-6-4-18-51-23-31(45)25-55-38(47)27(2)43/h7-16,21,30-31,44-45H,1-6,17-20,22-25H2. The van der Waals surface area contributed by atoms with E-state index in [0.717, 1.165) is 0 Å². The summed E-state index contributed by atoms with van der Waals surface area (Å²) in [6.07, 6.45) is 0.307. The van der Waals surface area contributed by atoms with Crippen molar-refractivity contribution in [2.45, 2.75) is 37.9 Å². The second-order valence-corrected chi connectivity index (χ2v) is 12.4. The quantitative estimate of drug-likeness (QED) is 0.0422. The molecule has 17 heteroatoms. The largest absolute Gasteiger partial charge is 0.494 e. The number of halogens is 3. The van der Waals surface area contributed by atoms with Crippen LogP contribution in [0.4, 0.5) is 8.78 Å². The number of hydrogen-bond acceptors (Lipinski definition) is 14. The number of carbonyl (C=O) groups excluding carboxylic acids is 4. The number of esters is 4. The highest BCUT2D eigenvalue weighted by atomic mass is 35.5. The van der Waals surface area contributed by atoms with Gasteiger partial charge in [0, 0.05) is 19.3 Å². The van der Waals surface area contributed by atoms with Crippen molar-refractivity contribution in [3.63, 3.8) is 0 Å². The van der Waals surface area contributed by atoms with Gasteiger partial charge in [-0.1, -0.05) is 24.8 Å². The summed E-state index contributed by atoms with van der Waals surface area (Å²) in [6.45, 7) is 5.97. The van der Waals surface area contributed by atoms with Crippen LogP contribution in [0.5, 0.6) is 23.0 Å². The highest BCUT2D eigenvalue weighted by Crippen LogP contribution is 2.30. The summed E-state index contributed by atoms with van der Waals surface area (Å²) in [5, 5.41) is 19.4. The summed E-state index contributed by atoms with van der Waals surface area (Å²) in [4.78, 5) is 47.4. The molecule has 3 aromatic carbocycles. The van der Waals surface area contributed by atoms with Crippen molar-refractivity contribution in [2.24, 2.45) is 0 Å². The zero-order valence-corrected chi connectivity index (χ0v) is 31.6. The van der Waals surface area contributed by atoms with E-state index in [2.05, 4.69) is 22.6 Å². The maximum atomic E-state index is 12.7. The van der Waals surface area contributed by atoms with E-state index in [1.54, 1.807) is 24.3 Å². The van der Waals surface area contributed by atoms with Crippen LogP contribution in [0.1, 0.15) is 46.4 Å². The Bertz CT molecular complexity index is 1790. The molecule has 57 heavy (non-hydrogen) atoms. The first-order valence-corrected chi connectivity index (χ1v) is 17.9. The van der Waals surface area contributed by atoms with Gasteiger partial charge in [-0.15, -0.1) is 0 Å². The van der Waals surface area contributed by atoms with Crippen LogP contribution in [-0.4, -0.2) is 99.2 Å². The summed E-state index contributed by atoms with van der Waals surface area (Å²) in [6, 6.07) is 16.7. The number of ether oxygens (including phenoxy) is 8. The Morgan fingerprint density at radius 1 is 0.579 bits per heavy atom. The maximum absolute atomic E-state index is 12.7. The van der Waals surface area contributed by atoms with Crippen molar-refractivity contribution in [1.82, 2.24) is 0 Å². The lowest BCUT2D eigenvalue weighted by Crippen LogP contribution is -2.24. The van der Waals surface area contributed by atoms with Crippen molar-refractivity contribution < 1.29 is 76.1 Å². The molecule has 2 atom stereocenters. The predicted octanol–water partition coefficient (Wildman–Crippen LogP) is 5.90. The minimum Gasteiger partial charge on any atom is -0.494 e. The molecule has 0 fully saturated rings. The van der Waals surface area contributed by atoms with Crippen LogP contribution >= 0.6 is 11.6 Å². The lowest BCUT2D eigenvalue weighted by molar-refractivity contribution is -0.145. The zero-order chi connectivity index (χ0) is 41.6. The van der Waals surface area contributed by atoms with E-state index in [4.69, 9.17) is 40.0 Å². The van der Waals surface area contributed by atoms with Gasteiger partial charge in [-0.05, 0) is 86.3 Å². The van der Waals surface area contributed by atoms with Gasteiger partial charge in [-0.2, -0.15) is 8.78 Å². The van der Waals surface area contributed by atoms with E-state index >= 15 is 0 Å². The van der Waals surface area contributed by atoms with E-state index in [9.17, 15) is 38.2 Å². The molecule has 0 saturated carbocycles. The SMILES string of the molecule is C=C(F)C(=O)OCC(O)COCCCCOc1ccc(C(=O)Oc2ccc(OC(=O)c3ccc(OCCCCOCC(O)COC(=O)C(=C)F)cc3)c(Cl)c2)cc1. The van der Waals surface area contributed by atoms with Gasteiger partial charge < -0.3 is 48.1 Å². The van der Waals surface area contributed by atoms with Gasteiger partial charge in [0.05, 0.1) is 42.6 Å². The monoisotopic (exact) mass is 820 g/mol. The number of carbonyl (C=O) groups is 4. The van der Waals surface area contributed by atoms with Gasteiger partial charge in [0.15, 0.2) is 0 Å². The van der Waals surface area contributed by atoms with Crippen LogP contribution in [-0.2, 0) is 28.5 Å². The van der Waals surface area contributed by atoms with Gasteiger partial charge in [0.1, 0.15) is 48.4 Å². The number of hydrogen-bond donors (Lipinski definition) is 2. The third-order valence-corrected chi connectivity index (χ3v) is 7.57. The molecular formula is C40H43ClF2O14. The third kappa shape index (κ3) is 18.0. The lowest BCUT2D eigenvalue weighted by Gasteiger charge is -2.12. The summed E-state index contributed by atoms with van der Waals surface area (Å²) >= 11 is 6.32. The molecule has 2 N–H and O–H groups in total. The van der Waals surface area contributed by atoms with Crippen molar-refractivity contribution >= 4 is 35.5 Å². The second-order valence-electron chi connectivity index (χ2n) is 12.0. The predicted molar refractivity (Wildman–Crippen MR) is 200 cm³/mol. The Morgan fingerprint density at radius 3 is 1.40 bits per heavy atom. The summed E-state index contributed by atoms with van der Waals surface area (Å²) in [5.74, 6) is -5.05. The molecule has 3 aromatic rings. The number of benzene rings is 3. The van der Waals surface area contributed by atoms with Gasteiger partial charge in [-0.25, -0.2) is 19.2 Å². The Kier molecular flexibility index (Phi) is 20.2. The van der Waals surface area contributed by atoms with Gasteiger partial charge in [0.2, 0.25) is 11.7 Å². The zero-order valence-electron chi connectivity index (χ0n) is 30.8.